The number of carbonyl (C=O) groups excluding carboxylic acids is 1. The molecule has 0 spiro atoms. The zero-order chi connectivity index (χ0) is 20.1. The van der Waals surface area contributed by atoms with Gasteiger partial charge in [0.1, 0.15) is 17.2 Å². The van der Waals surface area contributed by atoms with Crippen molar-refractivity contribution in [3.05, 3.63) is 53.1 Å². The van der Waals surface area contributed by atoms with Gasteiger partial charge in [0.2, 0.25) is 0 Å². The number of likely N-dealkylation sites (tertiary alicyclic amines) is 1. The van der Waals surface area contributed by atoms with Crippen LogP contribution in [0, 0.1) is 6.92 Å². The van der Waals surface area contributed by atoms with E-state index >= 15 is 0 Å². The summed E-state index contributed by atoms with van der Waals surface area (Å²) in [6.07, 6.45) is 1.86. The molecule has 0 aliphatic carbocycles. The summed E-state index contributed by atoms with van der Waals surface area (Å²) in [5.74, 6) is 2.38. The van der Waals surface area contributed by atoms with Crippen molar-refractivity contribution in [3.8, 4) is 17.2 Å². The van der Waals surface area contributed by atoms with E-state index in [9.17, 15) is 4.79 Å². The summed E-state index contributed by atoms with van der Waals surface area (Å²) < 4.78 is 16.2. The van der Waals surface area contributed by atoms with Gasteiger partial charge in [-0.2, -0.15) is 0 Å². The Morgan fingerprint density at radius 3 is 2.50 bits per heavy atom. The molecule has 1 saturated heterocycles. The molecular weight excluding hydrogens is 356 g/mol. The number of amides is 2. The Labute approximate surface area is 166 Å². The number of urea groups is 1. The Morgan fingerprint density at radius 1 is 1.07 bits per heavy atom. The average Bonchev–Trinajstić information content (AvgIpc) is 3.21. The third-order valence-corrected chi connectivity index (χ3v) is 5.21. The van der Waals surface area contributed by atoms with E-state index in [2.05, 4.69) is 5.32 Å². The van der Waals surface area contributed by atoms with Gasteiger partial charge < -0.3 is 24.4 Å². The van der Waals surface area contributed by atoms with Gasteiger partial charge in [-0.15, -0.1) is 0 Å². The number of nitrogens with zero attached hydrogens (tertiary/aromatic N) is 1. The molecule has 1 aliphatic rings. The van der Waals surface area contributed by atoms with Gasteiger partial charge in [0.25, 0.3) is 0 Å². The maximum Gasteiger partial charge on any atom is 0.318 e. The van der Waals surface area contributed by atoms with Gasteiger partial charge >= 0.3 is 6.03 Å². The highest BCUT2D eigenvalue weighted by atomic mass is 16.5. The second-order valence-corrected chi connectivity index (χ2v) is 6.92. The summed E-state index contributed by atoms with van der Waals surface area (Å²) in [5, 5.41) is 3.05. The molecule has 2 aromatic rings. The zero-order valence-electron chi connectivity index (χ0n) is 17.0. The normalized spacial score (nSPS) is 16.0. The first-order chi connectivity index (χ1) is 13.6. The molecule has 0 radical (unpaired) electrons. The molecule has 150 valence electrons. The second kappa shape index (κ2) is 8.87. The van der Waals surface area contributed by atoms with Crippen LogP contribution in [-0.2, 0) is 6.54 Å². The number of aryl methyl sites for hydroxylation is 1. The van der Waals surface area contributed by atoms with Crippen molar-refractivity contribution in [3.63, 3.8) is 0 Å². The van der Waals surface area contributed by atoms with Gasteiger partial charge in [0.15, 0.2) is 0 Å². The molecular formula is C22H28N2O4. The van der Waals surface area contributed by atoms with Crippen molar-refractivity contribution in [2.24, 2.45) is 0 Å². The number of carbonyl (C=O) groups is 1. The quantitative estimate of drug-likeness (QED) is 0.816. The van der Waals surface area contributed by atoms with Crippen LogP contribution in [0.15, 0.2) is 36.4 Å². The monoisotopic (exact) mass is 384 g/mol. The van der Waals surface area contributed by atoms with E-state index in [4.69, 9.17) is 14.2 Å². The van der Waals surface area contributed by atoms with E-state index < -0.39 is 0 Å². The lowest BCUT2D eigenvalue weighted by molar-refractivity contribution is 0.191. The summed E-state index contributed by atoms with van der Waals surface area (Å²) >= 11 is 0. The molecule has 1 fully saturated rings. The fourth-order valence-corrected chi connectivity index (χ4v) is 3.76. The Balaban J connectivity index is 1.72. The van der Waals surface area contributed by atoms with E-state index in [0.29, 0.717) is 6.54 Å². The van der Waals surface area contributed by atoms with E-state index in [1.165, 1.54) is 0 Å². The number of hydrogen-bond acceptors (Lipinski definition) is 4. The molecule has 1 N–H and O–H groups in total. The minimum Gasteiger partial charge on any atom is -0.497 e. The van der Waals surface area contributed by atoms with Crippen LogP contribution in [0.5, 0.6) is 17.2 Å². The molecule has 0 saturated carbocycles. The topological polar surface area (TPSA) is 60.0 Å². The van der Waals surface area contributed by atoms with Crippen molar-refractivity contribution < 1.29 is 19.0 Å². The SMILES string of the molecule is COc1ccc(OC)c(C2CCCN2C(=O)NCc2ccc(OC)c(C)c2)c1. The number of methoxy groups -OCH3 is 3. The summed E-state index contributed by atoms with van der Waals surface area (Å²) in [4.78, 5) is 14.8. The van der Waals surface area contributed by atoms with Crippen molar-refractivity contribution in [1.29, 1.82) is 0 Å². The number of ether oxygens (including phenoxy) is 3. The maximum absolute atomic E-state index is 12.9. The van der Waals surface area contributed by atoms with Gasteiger partial charge in [0.05, 0.1) is 27.4 Å². The molecule has 2 amide bonds. The minimum absolute atomic E-state index is 0.0253. The van der Waals surface area contributed by atoms with Crippen molar-refractivity contribution in [2.45, 2.75) is 32.4 Å². The predicted molar refractivity (Wildman–Crippen MR) is 108 cm³/mol. The highest BCUT2D eigenvalue weighted by molar-refractivity contribution is 5.75. The molecule has 2 aromatic carbocycles. The summed E-state index contributed by atoms with van der Waals surface area (Å²) in [6, 6.07) is 11.6. The number of benzene rings is 2. The Bertz CT molecular complexity index is 837. The van der Waals surface area contributed by atoms with E-state index in [0.717, 1.165) is 53.3 Å². The van der Waals surface area contributed by atoms with Crippen LogP contribution in [0.25, 0.3) is 0 Å². The Hall–Kier alpha value is -2.89. The first-order valence-electron chi connectivity index (χ1n) is 9.47. The molecule has 1 unspecified atom stereocenters. The van der Waals surface area contributed by atoms with Crippen LogP contribution in [0.3, 0.4) is 0 Å². The fourth-order valence-electron chi connectivity index (χ4n) is 3.76. The fraction of sp³-hybridized carbons (Fsp3) is 0.409. The predicted octanol–water partition coefficient (Wildman–Crippen LogP) is 4.07. The molecule has 3 rings (SSSR count). The lowest BCUT2D eigenvalue weighted by Gasteiger charge is -2.27. The largest absolute Gasteiger partial charge is 0.497 e. The van der Waals surface area contributed by atoms with Gasteiger partial charge in [-0.05, 0) is 55.2 Å². The highest BCUT2D eigenvalue weighted by Crippen LogP contribution is 2.38. The molecule has 0 bridgehead atoms. The number of hydrogen-bond donors (Lipinski definition) is 1. The third kappa shape index (κ3) is 4.16. The van der Waals surface area contributed by atoms with Gasteiger partial charge in [-0.1, -0.05) is 12.1 Å². The summed E-state index contributed by atoms with van der Waals surface area (Å²) in [6.45, 7) is 3.19. The van der Waals surface area contributed by atoms with Crippen molar-refractivity contribution >= 4 is 6.03 Å². The molecule has 6 nitrogen and oxygen atoms in total. The van der Waals surface area contributed by atoms with E-state index in [-0.39, 0.29) is 12.1 Å². The number of nitrogens with one attached hydrogen (secondary N) is 1. The molecule has 1 atom stereocenters. The Kier molecular flexibility index (Phi) is 6.29. The smallest absolute Gasteiger partial charge is 0.318 e. The summed E-state index contributed by atoms with van der Waals surface area (Å²) in [7, 11) is 4.95. The van der Waals surface area contributed by atoms with Crippen LogP contribution >= 0.6 is 0 Å². The van der Waals surface area contributed by atoms with Crippen LogP contribution in [0.2, 0.25) is 0 Å². The van der Waals surface area contributed by atoms with Crippen LogP contribution < -0.4 is 19.5 Å². The Morgan fingerprint density at radius 2 is 1.82 bits per heavy atom. The van der Waals surface area contributed by atoms with Crippen LogP contribution in [0.1, 0.15) is 35.6 Å². The van der Waals surface area contributed by atoms with E-state index in [1.54, 1.807) is 21.3 Å². The first-order valence-corrected chi connectivity index (χ1v) is 9.47. The maximum atomic E-state index is 12.9. The van der Waals surface area contributed by atoms with Crippen molar-refractivity contribution in [2.75, 3.05) is 27.9 Å². The van der Waals surface area contributed by atoms with Crippen molar-refractivity contribution in [1.82, 2.24) is 10.2 Å². The first kappa shape index (κ1) is 19.9. The lowest BCUT2D eigenvalue weighted by Crippen LogP contribution is -2.39. The highest BCUT2D eigenvalue weighted by Gasteiger charge is 2.32. The van der Waals surface area contributed by atoms with Gasteiger partial charge in [-0.25, -0.2) is 4.79 Å². The second-order valence-electron chi connectivity index (χ2n) is 6.92. The molecule has 1 aliphatic heterocycles. The third-order valence-electron chi connectivity index (χ3n) is 5.21. The van der Waals surface area contributed by atoms with Gasteiger partial charge in [0, 0.05) is 18.7 Å². The van der Waals surface area contributed by atoms with Gasteiger partial charge in [-0.3, -0.25) is 0 Å². The molecule has 6 heteroatoms. The average molecular weight is 384 g/mol. The van der Waals surface area contributed by atoms with E-state index in [1.807, 2.05) is 48.2 Å². The number of rotatable bonds is 6. The zero-order valence-corrected chi connectivity index (χ0v) is 17.0. The minimum atomic E-state index is -0.0687. The molecule has 0 aromatic heterocycles. The van der Waals surface area contributed by atoms with Crippen LogP contribution in [-0.4, -0.2) is 38.8 Å². The summed E-state index contributed by atoms with van der Waals surface area (Å²) in [5.41, 5.74) is 3.07. The standard InChI is InChI=1S/C22H28N2O4/c1-15-12-16(7-9-20(15)27-3)14-23-22(25)24-11-5-6-19(24)18-13-17(26-2)8-10-21(18)28-4/h7-10,12-13,19H,5-6,11,14H2,1-4H3,(H,23,25). The molecule has 28 heavy (non-hydrogen) atoms. The lowest BCUT2D eigenvalue weighted by atomic mass is 10.0. The van der Waals surface area contributed by atoms with Crippen LogP contribution in [0.4, 0.5) is 4.79 Å². The molecule has 1 heterocycles.